The molecule has 220 valence electrons. The van der Waals surface area contributed by atoms with Gasteiger partial charge in [0.2, 0.25) is 0 Å². The summed E-state index contributed by atoms with van der Waals surface area (Å²) in [6, 6.07) is 34.4. The van der Waals surface area contributed by atoms with Crippen molar-refractivity contribution in [3.8, 4) is 0 Å². The van der Waals surface area contributed by atoms with Crippen LogP contribution in [0.2, 0.25) is 0 Å². The van der Waals surface area contributed by atoms with E-state index in [2.05, 4.69) is 53.5 Å². The van der Waals surface area contributed by atoms with Gasteiger partial charge in [0, 0.05) is 12.4 Å². The third-order valence-corrected chi connectivity index (χ3v) is 2.89. The molecule has 1 heterocycles. The number of hydrogen-bond donors (Lipinski definition) is 0. The van der Waals surface area contributed by atoms with Crippen LogP contribution in [0.3, 0.4) is 0 Å². The van der Waals surface area contributed by atoms with Crippen molar-refractivity contribution < 1.29 is 0 Å². The molecule has 4 rings (SSSR count). The molecule has 0 N–H and O–H groups in total. The molecule has 4 aromatic rings. The third kappa shape index (κ3) is 46.4. The SMILES string of the molecule is CC.CC.CC.CC.CC.CC.CC.CC.c1ccc2ccccc2c1.c1ccccc1.c1ccncc1. The first-order valence-electron chi connectivity index (χ1n) is 15.3. The van der Waals surface area contributed by atoms with Gasteiger partial charge in [0.25, 0.3) is 0 Å². The minimum atomic E-state index is 1.31. The number of pyridine rings is 1. The van der Waals surface area contributed by atoms with E-state index in [1.54, 1.807) is 12.4 Å². The molecule has 0 saturated carbocycles. The number of nitrogens with zero attached hydrogens (tertiary/aromatic N) is 1. The Kier molecular flexibility index (Phi) is 95.2. The number of fused-ring (bicyclic) bond motifs is 1. The van der Waals surface area contributed by atoms with Crippen LogP contribution >= 0.6 is 0 Å². The molecule has 3 aromatic carbocycles. The van der Waals surface area contributed by atoms with Crippen molar-refractivity contribution in [2.75, 3.05) is 0 Å². The highest BCUT2D eigenvalue weighted by Crippen LogP contribution is 2.11. The van der Waals surface area contributed by atoms with E-state index in [1.807, 2.05) is 165 Å². The summed E-state index contributed by atoms with van der Waals surface area (Å²) >= 11 is 0. The zero-order valence-corrected chi connectivity index (χ0v) is 28.4. The molecule has 0 fully saturated rings. The summed E-state index contributed by atoms with van der Waals surface area (Å²) in [5.74, 6) is 0. The Morgan fingerprint density at radius 1 is 0.263 bits per heavy atom. The molecular weight excluding hydrogens is 458 g/mol. The molecule has 0 unspecified atom stereocenters. The summed E-state index contributed by atoms with van der Waals surface area (Å²) in [5.41, 5.74) is 0. The second kappa shape index (κ2) is 70.0. The Hall–Kier alpha value is -2.93. The van der Waals surface area contributed by atoms with E-state index < -0.39 is 0 Å². The maximum Gasteiger partial charge on any atom is 0.0267 e. The highest BCUT2D eigenvalue weighted by Gasteiger charge is 1.85. The summed E-state index contributed by atoms with van der Waals surface area (Å²) in [6.45, 7) is 32.0. The van der Waals surface area contributed by atoms with Gasteiger partial charge in [-0.15, -0.1) is 0 Å². The van der Waals surface area contributed by atoms with Gasteiger partial charge < -0.3 is 0 Å². The topological polar surface area (TPSA) is 12.9 Å². The van der Waals surface area contributed by atoms with Crippen molar-refractivity contribution in [3.63, 3.8) is 0 Å². The molecule has 0 saturated heterocycles. The van der Waals surface area contributed by atoms with Crippen LogP contribution < -0.4 is 0 Å². The first-order chi connectivity index (χ1) is 19.0. The first-order valence-corrected chi connectivity index (χ1v) is 15.3. The van der Waals surface area contributed by atoms with Crippen LogP contribution in [0.15, 0.2) is 116 Å². The Bertz CT molecular complexity index is 587. The van der Waals surface area contributed by atoms with E-state index in [0.717, 1.165) is 0 Å². The largest absolute Gasteiger partial charge is 0.265 e. The lowest BCUT2D eigenvalue weighted by atomic mass is 10.1. The lowest BCUT2D eigenvalue weighted by Crippen LogP contribution is -1.67. The Labute approximate surface area is 241 Å². The van der Waals surface area contributed by atoms with Gasteiger partial charge in [-0.2, -0.15) is 0 Å². The molecule has 0 atom stereocenters. The lowest BCUT2D eigenvalue weighted by molar-refractivity contribution is 1.33. The highest BCUT2D eigenvalue weighted by atomic mass is 14.6. The van der Waals surface area contributed by atoms with Gasteiger partial charge in [-0.25, -0.2) is 0 Å². The molecule has 0 aliphatic heterocycles. The summed E-state index contributed by atoms with van der Waals surface area (Å²) in [7, 11) is 0. The van der Waals surface area contributed by atoms with Crippen molar-refractivity contribution in [1.82, 2.24) is 4.98 Å². The van der Waals surface area contributed by atoms with Gasteiger partial charge in [-0.3, -0.25) is 4.98 Å². The summed E-state index contributed by atoms with van der Waals surface area (Å²) in [6.07, 6.45) is 3.50. The molecule has 0 spiro atoms. The van der Waals surface area contributed by atoms with E-state index in [9.17, 15) is 0 Å². The third-order valence-electron chi connectivity index (χ3n) is 2.89. The molecule has 38 heavy (non-hydrogen) atoms. The van der Waals surface area contributed by atoms with E-state index in [1.165, 1.54) is 10.8 Å². The Balaban J connectivity index is -0.0000000614. The Morgan fingerprint density at radius 3 is 0.579 bits per heavy atom. The quantitative estimate of drug-likeness (QED) is 0.222. The maximum absolute atomic E-state index is 3.78. The van der Waals surface area contributed by atoms with Crippen molar-refractivity contribution in [1.29, 1.82) is 0 Å². The fraction of sp³-hybridized carbons (Fsp3) is 0.432. The van der Waals surface area contributed by atoms with Gasteiger partial charge in [0.15, 0.2) is 0 Å². The van der Waals surface area contributed by atoms with Crippen LogP contribution in [0.25, 0.3) is 10.8 Å². The van der Waals surface area contributed by atoms with E-state index in [4.69, 9.17) is 0 Å². The van der Waals surface area contributed by atoms with E-state index in [-0.39, 0.29) is 0 Å². The van der Waals surface area contributed by atoms with Crippen LogP contribution in [-0.2, 0) is 0 Å². The fourth-order valence-electron chi connectivity index (χ4n) is 1.83. The molecule has 0 aliphatic carbocycles. The monoisotopic (exact) mass is 526 g/mol. The molecule has 1 nitrogen and oxygen atoms in total. The van der Waals surface area contributed by atoms with Crippen LogP contribution in [0.1, 0.15) is 111 Å². The zero-order valence-electron chi connectivity index (χ0n) is 28.4. The molecule has 1 aromatic heterocycles. The molecule has 1 heteroatoms. The average molecular weight is 526 g/mol. The van der Waals surface area contributed by atoms with Gasteiger partial charge in [-0.1, -0.05) is 202 Å². The van der Waals surface area contributed by atoms with Gasteiger partial charge >= 0.3 is 0 Å². The smallest absolute Gasteiger partial charge is 0.0267 e. The highest BCUT2D eigenvalue weighted by molar-refractivity contribution is 5.81. The minimum Gasteiger partial charge on any atom is -0.265 e. The summed E-state index contributed by atoms with van der Waals surface area (Å²) in [4.78, 5) is 3.78. The Morgan fingerprint density at radius 2 is 0.447 bits per heavy atom. The molecule has 0 amide bonds. The van der Waals surface area contributed by atoms with Crippen molar-refractivity contribution in [3.05, 3.63) is 116 Å². The zero-order chi connectivity index (χ0) is 31.3. The fourth-order valence-corrected chi connectivity index (χ4v) is 1.83. The number of aromatic nitrogens is 1. The van der Waals surface area contributed by atoms with Gasteiger partial charge in [-0.05, 0) is 22.9 Å². The van der Waals surface area contributed by atoms with Gasteiger partial charge in [0.1, 0.15) is 0 Å². The minimum absolute atomic E-state index is 1.31. The molecule has 0 bridgehead atoms. The second-order valence-electron chi connectivity index (χ2n) is 4.53. The van der Waals surface area contributed by atoms with E-state index >= 15 is 0 Å². The van der Waals surface area contributed by atoms with E-state index in [0.29, 0.717) is 0 Å². The number of rotatable bonds is 0. The first kappa shape index (κ1) is 51.7. The van der Waals surface area contributed by atoms with Crippen LogP contribution in [0.4, 0.5) is 0 Å². The van der Waals surface area contributed by atoms with Crippen molar-refractivity contribution in [2.24, 2.45) is 0 Å². The van der Waals surface area contributed by atoms with Crippen LogP contribution in [0.5, 0.6) is 0 Å². The number of benzene rings is 3. The van der Waals surface area contributed by atoms with Crippen molar-refractivity contribution >= 4 is 10.8 Å². The normalized spacial score (nSPS) is 6.42. The molecule has 0 radical (unpaired) electrons. The lowest BCUT2D eigenvalue weighted by Gasteiger charge is -1.92. The number of hydrogen-bond acceptors (Lipinski definition) is 1. The maximum atomic E-state index is 3.78. The van der Waals surface area contributed by atoms with Crippen LogP contribution in [0, 0.1) is 0 Å². The summed E-state index contributed by atoms with van der Waals surface area (Å²) < 4.78 is 0. The molecule has 0 aliphatic rings. The van der Waals surface area contributed by atoms with Crippen LogP contribution in [-0.4, -0.2) is 4.98 Å². The average Bonchev–Trinajstić information content (AvgIpc) is 3.10. The second-order valence-corrected chi connectivity index (χ2v) is 4.53. The predicted octanol–water partition coefficient (Wildman–Crippen LogP) is 13.8. The summed E-state index contributed by atoms with van der Waals surface area (Å²) in [5, 5.41) is 2.62. The predicted molar refractivity (Wildman–Crippen MR) is 185 cm³/mol. The van der Waals surface area contributed by atoms with Gasteiger partial charge in [0.05, 0.1) is 0 Å². The molecular formula is C37H67N. The van der Waals surface area contributed by atoms with Crippen molar-refractivity contribution in [2.45, 2.75) is 111 Å². The standard InChI is InChI=1S/C10H8.C6H6.C5H5N.8C2H6/c1-2-6-10-8-4-3-7-9(10)5-1;2*1-2-4-6-5-3-1;8*1-2/h1-8H;1-6H;1-5H;8*1-2H3.